The second kappa shape index (κ2) is 105. The van der Waals surface area contributed by atoms with Crippen molar-refractivity contribution in [2.75, 3.05) is 0 Å². The van der Waals surface area contributed by atoms with Gasteiger partial charge in [-0.2, -0.15) is 0 Å². The molecule has 0 aromatic rings. The molecule has 0 bridgehead atoms. The number of aliphatic hydroxyl groups is 24. The van der Waals surface area contributed by atoms with Gasteiger partial charge in [-0.25, -0.2) is 19.2 Å². The summed E-state index contributed by atoms with van der Waals surface area (Å²) in [6, 6.07) is 0. The third-order valence-electron chi connectivity index (χ3n) is 8.63. The summed E-state index contributed by atoms with van der Waals surface area (Å²) in [5.74, 6) is -10.2. The number of hydrogen-bond acceptors (Lipinski definition) is 37. The molecule has 103 heavy (non-hydrogen) atoms. The summed E-state index contributed by atoms with van der Waals surface area (Å²) in [6.07, 6.45) is -38.2. The van der Waals surface area contributed by atoms with E-state index in [2.05, 4.69) is 0 Å². The molecule has 0 fully saturated rings. The van der Waals surface area contributed by atoms with Crippen LogP contribution in [0.3, 0.4) is 0 Å². The van der Waals surface area contributed by atoms with E-state index in [-0.39, 0.29) is 365 Å². The predicted molar refractivity (Wildman–Crippen MR) is 334 cm³/mol. The van der Waals surface area contributed by atoms with Gasteiger partial charge in [0.1, 0.15) is 0 Å². The summed E-state index contributed by atoms with van der Waals surface area (Å²) in [6.45, 7) is 0. The Morgan fingerprint density at radius 1 is 0.243 bits per heavy atom. The van der Waals surface area contributed by atoms with Crippen LogP contribution in [-0.4, -0.2) is 663 Å². The first-order valence-corrected chi connectivity index (χ1v) is 20.6. The molecule has 0 aliphatic carbocycles. The molecule has 56 nitrogen and oxygen atoms in total. The molecule has 67 heteroatoms. The monoisotopic (exact) mass is 3720 g/mol. The quantitative estimate of drug-likeness (QED) is 0.0235. The van der Waals surface area contributed by atoms with Crippen molar-refractivity contribution < 1.29 is 289 Å². The van der Waals surface area contributed by atoms with Crippen LogP contribution in [0, 0.1) is 0 Å². The maximum absolute atomic E-state index is 10.5. The van der Waals surface area contributed by atoms with E-state index in [1.54, 1.807) is 0 Å². The van der Waals surface area contributed by atoms with Gasteiger partial charge in [-0.15, -0.1) is 0 Å². The molecule has 0 saturated heterocycles. The van der Waals surface area contributed by atoms with Gasteiger partial charge in [0.25, 0.3) is 0 Å². The van der Waals surface area contributed by atoms with Gasteiger partial charge in [0.2, 0.25) is 0 Å². The third-order valence-corrected chi connectivity index (χ3v) is 8.63. The summed E-state index contributed by atoms with van der Waals surface area (Å²) in [5.41, 5.74) is -15.5. The Morgan fingerprint density at radius 3 is 0.456 bits per heavy atom. The molecule has 0 rings (SSSR count). The van der Waals surface area contributed by atoms with Crippen molar-refractivity contribution in [1.82, 2.24) is 0 Å². The number of aliphatic hydroxyl groups excluding tert-OH is 12. The average molecular weight is 3720 g/mol. The minimum absolute atomic E-state index is 0. The van der Waals surface area contributed by atoms with E-state index in [4.69, 9.17) is 143 Å². The molecule has 0 aliphatic heterocycles. The minimum atomic E-state index is -2.64. The van der Waals surface area contributed by atoms with Crippen LogP contribution in [0.1, 0.15) is 77.0 Å². The SMILES string of the molecule is O.O.O.O.O.O.O.O.O.O.O.O.O.O=C(O)C(O)(CC([O-])O)CC(O)O.O=C(O)C(O)(CC([O-])O)CC(O)O.O=C(O)CC(O)(CC(O)O)C(=O)O.O=C(O)CC(O)(CC(O)O)C(=O)O.[BiH].[BiH].[BiH].[BiH].[Bi].[Bi].[Bi].[Bi].[Bi].[Bi].[Bi].[O-]C(O)CC(O)(CC(O)O)C([O-])O.[O-]C(O)CC(O)(CC(O)O)C([O-])O.[OH-]. The average Bonchev–Trinajstić information content (AvgIpc) is 3.15. The summed E-state index contributed by atoms with van der Waals surface area (Å²) in [7, 11) is 0. The zero-order valence-electron chi connectivity index (χ0n) is 51.8. The first-order chi connectivity index (χ1) is 34.7. The van der Waals surface area contributed by atoms with Crippen LogP contribution in [0.2, 0.25) is 0 Å². The van der Waals surface area contributed by atoms with Crippen molar-refractivity contribution in [2.24, 2.45) is 0 Å². The molecule has 0 aromatic carbocycles. The Balaban J connectivity index is -0.0000000199. The normalized spacial score (nSPS) is 13.9. The standard InChI is InChI=1S/2C6H12O7.2C6H11O7.2C6H10O7.11Bi.14H2O.4H/c6*7-3(8)1-6(13,5(11)12)2-4(9)10;;;;;;;;;;;;;;;;;;;;;;;;;;;;;/h2*3-5,7-9,11,13H,1-2H2;2*3-4,7-9,13H,1-2H2,(H,11,12);2*3,7-8,13H,1-2H2,(H,9,10)(H,11,12);;;;;;;;;;;;14*1H2;;;;/q2*-2;2*-1;;;;;;;;;;;;;;;;;;;;;;;;;;;;;;;/p-1. The molecule has 12 atom stereocenters. The Labute approximate surface area is 789 Å². The molecule has 0 aromatic heterocycles. The number of carboxylic acid groups (broad SMARTS) is 6. The van der Waals surface area contributed by atoms with E-state index in [1.807, 2.05) is 0 Å². The van der Waals surface area contributed by atoms with Crippen LogP contribution in [0.15, 0.2) is 0 Å². The molecule has 0 spiro atoms. The third kappa shape index (κ3) is 115. The maximum atomic E-state index is 10.5. The zero-order chi connectivity index (χ0) is 63.9. The van der Waals surface area contributed by atoms with Crippen LogP contribution >= 0.6 is 0 Å². The van der Waals surface area contributed by atoms with Crippen molar-refractivity contribution in [3.63, 3.8) is 0 Å². The topological polar surface area (TPSA) is 1290 Å². The van der Waals surface area contributed by atoms with E-state index in [9.17, 15) is 69.6 Å². The maximum Gasteiger partial charge on any atom is 0.154 e. The first kappa shape index (κ1) is 208. The minimum Gasteiger partial charge on any atom is -0.870 e. The summed E-state index contributed by atoms with van der Waals surface area (Å²) >= 11 is 0. The molecule has 0 aliphatic rings. The Morgan fingerprint density at radius 2 is 0.369 bits per heavy atom. The number of carboxylic acids is 6. The van der Waals surface area contributed by atoms with Crippen molar-refractivity contribution in [1.29, 1.82) is 0 Å². The van der Waals surface area contributed by atoms with Gasteiger partial charge in [0.05, 0.1) is 24.0 Å². The van der Waals surface area contributed by atoms with Crippen LogP contribution in [0.25, 0.3) is 0 Å². The summed E-state index contributed by atoms with van der Waals surface area (Å²) in [4.78, 5) is 61.7. The smallest absolute Gasteiger partial charge is 0.154 e. The molecule has 0 amide bonds. The van der Waals surface area contributed by atoms with Crippen LogP contribution in [0.5, 0.6) is 0 Å². The van der Waals surface area contributed by atoms with E-state index in [0.29, 0.717) is 0 Å². The molecule has 0 heterocycles. The van der Waals surface area contributed by atoms with Gasteiger partial charge in [0, 0.05) is 235 Å². The van der Waals surface area contributed by atoms with Crippen molar-refractivity contribution in [3.05, 3.63) is 0 Å². The molecule has 0 saturated carbocycles. The number of hydrogen-bond donors (Lipinski definition) is 30. The Hall–Kier alpha value is 4.77. The van der Waals surface area contributed by atoms with Crippen LogP contribution in [0.4, 0.5) is 0 Å². The largest absolute Gasteiger partial charge is 0.870 e. The fourth-order valence-corrected chi connectivity index (χ4v) is 5.08. The van der Waals surface area contributed by atoms with Crippen molar-refractivity contribution >= 4 is 324 Å². The van der Waals surface area contributed by atoms with Crippen molar-refractivity contribution in [2.45, 2.75) is 186 Å². The summed E-state index contributed by atoms with van der Waals surface area (Å²) in [5, 5.41) is 318. The molecule has 57 N–H and O–H groups in total. The van der Waals surface area contributed by atoms with Gasteiger partial charge in [-0.1, -0.05) is 0 Å². The van der Waals surface area contributed by atoms with Gasteiger partial charge < -0.3 is 261 Å². The molecular formula is C36H97Bi11O56-7. The van der Waals surface area contributed by atoms with E-state index >= 15 is 0 Å². The Bertz CT molecular complexity index is 1580. The zero-order valence-corrected chi connectivity index (χ0v) is 91.7. The number of rotatable bonds is 30. The van der Waals surface area contributed by atoms with E-state index in [1.165, 1.54) is 0 Å². The van der Waals surface area contributed by atoms with E-state index < -0.39 is 222 Å². The predicted octanol–water partition coefficient (Wildman–Crippen LogP) is -36.7. The Kier molecular flexibility index (Phi) is 212. The number of aliphatic carboxylic acids is 6. The van der Waals surface area contributed by atoms with Gasteiger partial charge in [0.15, 0.2) is 60.1 Å². The first-order valence-electron chi connectivity index (χ1n) is 20.6. The van der Waals surface area contributed by atoms with Crippen LogP contribution < -0.4 is 30.6 Å². The van der Waals surface area contributed by atoms with Crippen molar-refractivity contribution in [3.8, 4) is 0 Å². The summed E-state index contributed by atoms with van der Waals surface area (Å²) < 4.78 is 0. The second-order valence-corrected chi connectivity index (χ2v) is 16.1. The van der Waals surface area contributed by atoms with E-state index in [0.717, 1.165) is 0 Å². The second-order valence-electron chi connectivity index (χ2n) is 16.1. The van der Waals surface area contributed by atoms with Gasteiger partial charge >= 0.3 is 141 Å². The molecule has 29 radical (unpaired) electrons. The van der Waals surface area contributed by atoms with Crippen LogP contribution in [-0.2, 0) is 28.8 Å². The molecular weight excluding hydrogens is 3630 g/mol. The molecule has 639 valence electrons. The fraction of sp³-hybridized carbons (Fsp3) is 0.833. The molecule has 12 unspecified atom stereocenters. The number of carbonyl (C=O) groups is 6. The van der Waals surface area contributed by atoms with Gasteiger partial charge in [-0.05, 0) is 50.8 Å². The fourth-order valence-electron chi connectivity index (χ4n) is 5.08. The van der Waals surface area contributed by atoms with Gasteiger partial charge in [-0.3, -0.25) is 9.59 Å².